The largest absolute Gasteiger partial charge is 0.496 e. The summed E-state index contributed by atoms with van der Waals surface area (Å²) in [6.45, 7) is 2.89. The summed E-state index contributed by atoms with van der Waals surface area (Å²) in [5, 5.41) is 7.75. The van der Waals surface area contributed by atoms with Crippen molar-refractivity contribution in [3.05, 3.63) is 58.6 Å². The van der Waals surface area contributed by atoms with Crippen LogP contribution in [0.15, 0.2) is 47.5 Å². The van der Waals surface area contributed by atoms with Gasteiger partial charge in [-0.05, 0) is 36.2 Å². The van der Waals surface area contributed by atoms with Gasteiger partial charge in [0.15, 0.2) is 0 Å². The van der Waals surface area contributed by atoms with E-state index in [2.05, 4.69) is 22.8 Å². The van der Waals surface area contributed by atoms with Crippen molar-refractivity contribution < 1.29 is 14.3 Å². The van der Waals surface area contributed by atoms with Crippen molar-refractivity contribution in [2.75, 3.05) is 45.8 Å². The molecule has 1 amide bonds. The van der Waals surface area contributed by atoms with Crippen LogP contribution in [0.2, 0.25) is 5.02 Å². The first-order valence-corrected chi connectivity index (χ1v) is 10.7. The molecule has 1 atom stereocenters. The van der Waals surface area contributed by atoms with Gasteiger partial charge in [0, 0.05) is 37.5 Å². The van der Waals surface area contributed by atoms with E-state index in [1.165, 1.54) is 5.56 Å². The third kappa shape index (κ3) is 4.39. The first kappa shape index (κ1) is 21.6. The van der Waals surface area contributed by atoms with Gasteiger partial charge in [-0.1, -0.05) is 29.8 Å². The van der Waals surface area contributed by atoms with E-state index < -0.39 is 5.54 Å². The van der Waals surface area contributed by atoms with Gasteiger partial charge >= 0.3 is 0 Å². The van der Waals surface area contributed by atoms with E-state index in [0.717, 1.165) is 17.9 Å². The molecule has 0 saturated carbocycles. The number of rotatable bonds is 5. The van der Waals surface area contributed by atoms with E-state index in [0.29, 0.717) is 49.1 Å². The fourth-order valence-corrected chi connectivity index (χ4v) is 4.33. The number of likely N-dealkylation sites (tertiary alicyclic amines) is 1. The summed E-state index contributed by atoms with van der Waals surface area (Å²) in [7, 11) is 3.21. The molecule has 2 aromatic carbocycles. The number of halogens is 1. The maximum absolute atomic E-state index is 13.3. The van der Waals surface area contributed by atoms with E-state index in [9.17, 15) is 4.79 Å². The number of amides is 1. The molecule has 0 aromatic heterocycles. The number of benzene rings is 2. The van der Waals surface area contributed by atoms with E-state index in [-0.39, 0.29) is 5.91 Å². The zero-order valence-electron chi connectivity index (χ0n) is 17.8. The molecule has 7 nitrogen and oxygen atoms in total. The van der Waals surface area contributed by atoms with E-state index in [1.807, 2.05) is 17.0 Å². The molecule has 1 unspecified atom stereocenters. The predicted molar refractivity (Wildman–Crippen MR) is 122 cm³/mol. The van der Waals surface area contributed by atoms with Crippen molar-refractivity contribution in [3.8, 4) is 5.75 Å². The Morgan fingerprint density at radius 3 is 2.90 bits per heavy atom. The Morgan fingerprint density at radius 2 is 2.10 bits per heavy atom. The highest BCUT2D eigenvalue weighted by molar-refractivity contribution is 6.30. The minimum atomic E-state index is -0.456. The molecule has 0 aliphatic carbocycles. The molecule has 2 aliphatic heterocycles. The summed E-state index contributed by atoms with van der Waals surface area (Å²) in [6, 6.07) is 13.3. The van der Waals surface area contributed by atoms with E-state index in [1.54, 1.807) is 32.4 Å². The molecule has 2 aromatic rings. The second kappa shape index (κ2) is 9.26. The number of aliphatic imine (C=N–C) groups is 1. The van der Waals surface area contributed by atoms with Gasteiger partial charge < -0.3 is 19.7 Å². The van der Waals surface area contributed by atoms with E-state index >= 15 is 0 Å². The van der Waals surface area contributed by atoms with Gasteiger partial charge in [-0.2, -0.15) is 0 Å². The van der Waals surface area contributed by atoms with Gasteiger partial charge in [0.2, 0.25) is 0 Å². The second-order valence-electron chi connectivity index (χ2n) is 7.76. The zero-order valence-corrected chi connectivity index (χ0v) is 18.5. The smallest absolute Gasteiger partial charge is 0.257 e. The first-order valence-electron chi connectivity index (χ1n) is 10.3. The predicted octanol–water partition coefficient (Wildman–Crippen LogP) is 3.19. The van der Waals surface area contributed by atoms with Crippen LogP contribution >= 0.6 is 11.6 Å². The van der Waals surface area contributed by atoms with Crippen LogP contribution in [0.1, 0.15) is 22.3 Å². The molecular formula is C23H27ClN4O3. The fourth-order valence-electron chi connectivity index (χ4n) is 4.16. The highest BCUT2D eigenvalue weighted by atomic mass is 35.5. The van der Waals surface area contributed by atoms with Crippen molar-refractivity contribution >= 4 is 29.0 Å². The maximum atomic E-state index is 13.3. The topological polar surface area (TPSA) is 75.2 Å². The molecule has 2 heterocycles. The summed E-state index contributed by atoms with van der Waals surface area (Å²) in [4.78, 5) is 20.0. The van der Waals surface area contributed by atoms with Gasteiger partial charge in [-0.25, -0.2) is 0 Å². The first-order chi connectivity index (χ1) is 15.1. The minimum Gasteiger partial charge on any atom is -0.496 e. The number of ether oxygens (including phenoxy) is 2. The minimum absolute atomic E-state index is 0.0785. The molecule has 164 valence electrons. The molecule has 31 heavy (non-hydrogen) atoms. The molecule has 2 N–H and O–H groups in total. The summed E-state index contributed by atoms with van der Waals surface area (Å²) < 4.78 is 10.6. The van der Waals surface area contributed by atoms with Gasteiger partial charge in [-0.3, -0.25) is 15.1 Å². The van der Waals surface area contributed by atoms with E-state index in [4.69, 9.17) is 26.1 Å². The van der Waals surface area contributed by atoms with Gasteiger partial charge in [0.25, 0.3) is 5.91 Å². The molecule has 1 fully saturated rings. The third-order valence-electron chi connectivity index (χ3n) is 5.86. The Balaban J connectivity index is 1.62. The van der Waals surface area contributed by atoms with Crippen LogP contribution in [-0.4, -0.2) is 62.6 Å². The molecule has 0 bridgehead atoms. The van der Waals surface area contributed by atoms with Crippen LogP contribution in [0.3, 0.4) is 0 Å². The zero-order chi connectivity index (χ0) is 21.8. The average molecular weight is 443 g/mol. The van der Waals surface area contributed by atoms with Gasteiger partial charge in [0.1, 0.15) is 11.6 Å². The van der Waals surface area contributed by atoms with Crippen molar-refractivity contribution in [3.63, 3.8) is 0 Å². The number of hydrogen-bond donors (Lipinski definition) is 2. The van der Waals surface area contributed by atoms with Crippen LogP contribution in [0.4, 0.5) is 5.69 Å². The molecule has 4 rings (SSSR count). The quantitative estimate of drug-likeness (QED) is 0.695. The lowest BCUT2D eigenvalue weighted by atomic mass is 9.96. The molecule has 1 spiro atoms. The molecule has 8 heteroatoms. The summed E-state index contributed by atoms with van der Waals surface area (Å²) in [5.41, 5.74) is 2.25. The van der Waals surface area contributed by atoms with Crippen LogP contribution in [-0.2, 0) is 11.3 Å². The number of fused-ring (bicyclic) bond motifs is 1. The fraction of sp³-hybridized carbons (Fsp3) is 0.391. The van der Waals surface area contributed by atoms with Crippen molar-refractivity contribution in [1.82, 2.24) is 10.2 Å². The van der Waals surface area contributed by atoms with Gasteiger partial charge in [-0.15, -0.1) is 0 Å². The summed E-state index contributed by atoms with van der Waals surface area (Å²) in [6.07, 6.45) is 0.751. The lowest BCUT2D eigenvalue weighted by Gasteiger charge is -2.30. The number of para-hydroxylation sites is 1. The Morgan fingerprint density at radius 1 is 1.26 bits per heavy atom. The number of anilines is 1. The second-order valence-corrected chi connectivity index (χ2v) is 8.20. The normalized spacial score (nSPS) is 21.6. The molecular weight excluding hydrogens is 416 g/mol. The highest BCUT2D eigenvalue weighted by Gasteiger charge is 2.45. The van der Waals surface area contributed by atoms with Crippen molar-refractivity contribution in [2.24, 2.45) is 4.99 Å². The number of carbonyl (C=O) groups excluding carboxylic acids is 1. The number of nitrogens with zero attached hydrogens (tertiary/aromatic N) is 2. The molecule has 0 radical (unpaired) electrons. The van der Waals surface area contributed by atoms with Gasteiger partial charge in [0.05, 0.1) is 31.4 Å². The number of methoxy groups -OCH3 is 2. The maximum Gasteiger partial charge on any atom is 0.257 e. The summed E-state index contributed by atoms with van der Waals surface area (Å²) in [5.74, 6) is 1.24. The van der Waals surface area contributed by atoms with Crippen LogP contribution in [0.5, 0.6) is 5.75 Å². The molecule has 2 aliphatic rings. The number of amidine groups is 1. The lowest BCUT2D eigenvalue weighted by molar-refractivity contribution is 0.0782. The Labute approximate surface area is 187 Å². The van der Waals surface area contributed by atoms with Crippen molar-refractivity contribution in [2.45, 2.75) is 18.5 Å². The molecule has 1 saturated heterocycles. The number of hydrogen-bond acceptors (Lipinski definition) is 5. The van der Waals surface area contributed by atoms with Crippen molar-refractivity contribution in [1.29, 1.82) is 0 Å². The SMILES string of the molecule is COCCN=C1Nc2ccccc2CNC12CCN(C(=O)c1ccc(Cl)cc1OC)C2. The summed E-state index contributed by atoms with van der Waals surface area (Å²) >= 11 is 6.07. The Hall–Kier alpha value is -2.61. The van der Waals surface area contributed by atoms with Crippen LogP contribution in [0.25, 0.3) is 0 Å². The average Bonchev–Trinajstić information content (AvgIpc) is 3.16. The Bertz CT molecular complexity index is 997. The third-order valence-corrected chi connectivity index (χ3v) is 6.09. The number of carbonyl (C=O) groups is 1. The van der Waals surface area contributed by atoms with Crippen LogP contribution < -0.4 is 15.4 Å². The monoisotopic (exact) mass is 442 g/mol. The highest BCUT2D eigenvalue weighted by Crippen LogP contribution is 2.32. The number of nitrogens with one attached hydrogen (secondary N) is 2. The lowest BCUT2D eigenvalue weighted by Crippen LogP contribution is -2.55. The standard InChI is InChI=1S/C23H27ClN4O3/c1-30-12-10-25-22-23(26-14-16-5-3-4-6-19(16)27-22)9-11-28(15-23)21(29)18-8-7-17(24)13-20(18)31-2/h3-8,13,26H,9-12,14-15H2,1-2H3,(H,25,27). The Kier molecular flexibility index (Phi) is 6.46. The van der Waals surface area contributed by atoms with Crippen LogP contribution in [0, 0.1) is 0 Å².